The molecule has 22 heteroatoms. The maximum absolute atomic E-state index is 13.0. The van der Waals surface area contributed by atoms with Crippen LogP contribution in [0.2, 0.25) is 0 Å². The Hall–Kier alpha value is -8.15. The summed E-state index contributed by atoms with van der Waals surface area (Å²) in [6, 6.07) is 55.1. The van der Waals surface area contributed by atoms with Gasteiger partial charge in [-0.15, -0.1) is 0 Å². The van der Waals surface area contributed by atoms with Gasteiger partial charge < -0.3 is 33.0 Å². The number of nitriles is 2. The third-order valence-electron chi connectivity index (χ3n) is 20.2. The Morgan fingerprint density at radius 2 is 0.784 bits per heavy atom. The van der Waals surface area contributed by atoms with Crippen molar-refractivity contribution in [1.82, 2.24) is 0 Å². The number of ether oxygens (including phenoxy) is 6. The van der Waals surface area contributed by atoms with Crippen LogP contribution in [0.15, 0.2) is 185 Å². The molecule has 0 heterocycles. The van der Waals surface area contributed by atoms with Gasteiger partial charge in [-0.1, -0.05) is 72.8 Å². The van der Waals surface area contributed by atoms with Crippen molar-refractivity contribution in [3.05, 3.63) is 168 Å². The predicted octanol–water partition coefficient (Wildman–Crippen LogP) is 16.4. The molecule has 2 unspecified atom stereocenters. The molecule has 102 heavy (non-hydrogen) atoms. The fourth-order valence-electron chi connectivity index (χ4n) is 16.4. The van der Waals surface area contributed by atoms with Crippen LogP contribution in [0.25, 0.3) is 0 Å². The van der Waals surface area contributed by atoms with E-state index in [4.69, 9.17) is 23.7 Å². The van der Waals surface area contributed by atoms with Crippen molar-refractivity contribution in [3.63, 3.8) is 0 Å². The highest BCUT2D eigenvalue weighted by Gasteiger charge is 2.55. The molecule has 0 aliphatic heterocycles. The topological polar surface area (TPSA) is 253 Å². The van der Waals surface area contributed by atoms with Crippen molar-refractivity contribution in [2.24, 2.45) is 45.7 Å². The van der Waals surface area contributed by atoms with E-state index in [0.29, 0.717) is 0 Å². The lowest BCUT2D eigenvalue weighted by molar-refractivity contribution is -0.189. The Bertz CT molecular complexity index is 3780. The first kappa shape index (κ1) is 76.5. The SMILES string of the molecule is CCOC(=O)CCC(C)(C#N)N=NC(C)(C#N)CCC(=O)OCC(F)(F)S(=O)(=O)[O-].Cc1cc([S+](c2ccccc2)c2ccccc2)cc(C)c1OCC(=O)OC12CC3CC(CC(C3)C1)C2.Cc1cc([S+](c2ccccc2)c2ccccc2)cc(C)c1OCC(=O)OC12CC3CC(CC(C3)C1)C2. The Morgan fingerprint density at radius 1 is 0.500 bits per heavy atom. The van der Waals surface area contributed by atoms with Crippen LogP contribution in [0.4, 0.5) is 8.78 Å². The Labute approximate surface area is 603 Å². The van der Waals surface area contributed by atoms with Crippen LogP contribution < -0.4 is 9.47 Å². The summed E-state index contributed by atoms with van der Waals surface area (Å²) in [5.74, 6) is 3.86. The second-order valence-electron chi connectivity index (χ2n) is 28.9. The van der Waals surface area contributed by atoms with Gasteiger partial charge >= 0.3 is 29.1 Å². The van der Waals surface area contributed by atoms with Crippen LogP contribution in [0.3, 0.4) is 0 Å². The molecule has 8 aliphatic rings. The zero-order valence-corrected chi connectivity index (χ0v) is 61.5. The largest absolute Gasteiger partial charge is 0.743 e. The number of esters is 4. The Balaban J connectivity index is 0.000000166. The molecule has 0 aromatic heterocycles. The van der Waals surface area contributed by atoms with Crippen molar-refractivity contribution in [1.29, 1.82) is 10.5 Å². The van der Waals surface area contributed by atoms with Crippen molar-refractivity contribution in [2.45, 2.75) is 208 Å². The second-order valence-corrected chi connectivity index (χ2v) is 34.5. The quantitative estimate of drug-likeness (QED) is 0.0161. The molecule has 0 spiro atoms. The van der Waals surface area contributed by atoms with E-state index in [1.807, 2.05) is 6.07 Å². The van der Waals surface area contributed by atoms with E-state index in [-0.39, 0.29) is 84.0 Å². The number of carbonyl (C=O) groups is 4. The predicted molar refractivity (Wildman–Crippen MR) is 381 cm³/mol. The Kier molecular flexibility index (Phi) is 24.8. The first-order valence-corrected chi connectivity index (χ1v) is 39.0. The average molecular weight is 1450 g/mol. The first-order chi connectivity index (χ1) is 48.6. The first-order valence-electron chi connectivity index (χ1n) is 35.1. The number of nitrogens with zero attached hydrogens (tertiary/aromatic N) is 4. The molecule has 8 aliphatic carbocycles. The molecule has 540 valence electrons. The van der Waals surface area contributed by atoms with E-state index in [1.165, 1.54) is 81.7 Å². The van der Waals surface area contributed by atoms with E-state index in [9.17, 15) is 51.5 Å². The van der Waals surface area contributed by atoms with E-state index in [0.717, 1.165) is 108 Å². The summed E-state index contributed by atoms with van der Waals surface area (Å²) in [4.78, 5) is 56.5. The lowest BCUT2D eigenvalue weighted by Gasteiger charge is -2.55. The van der Waals surface area contributed by atoms with Crippen LogP contribution in [-0.4, -0.2) is 90.8 Å². The molecule has 8 bridgehead atoms. The number of benzene rings is 6. The average Bonchev–Trinajstić information content (AvgIpc) is 0.740. The van der Waals surface area contributed by atoms with Crippen LogP contribution in [0.5, 0.6) is 11.5 Å². The van der Waals surface area contributed by atoms with Crippen LogP contribution in [0.1, 0.15) is 146 Å². The van der Waals surface area contributed by atoms with Gasteiger partial charge in [-0.3, -0.25) is 9.59 Å². The lowest BCUT2D eigenvalue weighted by Crippen LogP contribution is -2.53. The number of alkyl halides is 2. The highest BCUT2D eigenvalue weighted by molar-refractivity contribution is 7.97. The van der Waals surface area contributed by atoms with Gasteiger partial charge in [-0.05, 0) is 245 Å². The molecular formula is C80H91F2N4O13S3+. The normalized spacial score (nSPS) is 23.2. The molecule has 8 fully saturated rings. The number of carbonyl (C=O) groups excluding carboxylic acids is 4. The van der Waals surface area contributed by atoms with Gasteiger partial charge in [0, 0.05) is 37.1 Å². The lowest BCUT2D eigenvalue weighted by atomic mass is 9.54. The molecule has 0 saturated heterocycles. The smallest absolute Gasteiger partial charge is 0.367 e. The van der Waals surface area contributed by atoms with Gasteiger partial charge in [-0.25, -0.2) is 18.0 Å². The number of azo groups is 1. The molecule has 8 saturated carbocycles. The molecular weight excluding hydrogens is 1360 g/mol. The van der Waals surface area contributed by atoms with E-state index >= 15 is 0 Å². The van der Waals surface area contributed by atoms with Crippen LogP contribution >= 0.6 is 0 Å². The summed E-state index contributed by atoms with van der Waals surface area (Å²) in [6.45, 7) is 10.7. The molecule has 17 nitrogen and oxygen atoms in total. The van der Waals surface area contributed by atoms with Gasteiger partial charge in [0.15, 0.2) is 70.4 Å². The Morgan fingerprint density at radius 3 is 1.05 bits per heavy atom. The second kappa shape index (κ2) is 33.1. The van der Waals surface area contributed by atoms with Crippen molar-refractivity contribution in [2.75, 3.05) is 26.4 Å². The number of aryl methyl sites for hydroxylation is 4. The third-order valence-corrected chi connectivity index (χ3v) is 25.5. The van der Waals surface area contributed by atoms with Crippen LogP contribution in [0, 0.1) is 85.9 Å². The number of hydrogen-bond donors (Lipinski definition) is 0. The maximum atomic E-state index is 13.0. The third kappa shape index (κ3) is 19.6. The maximum Gasteiger partial charge on any atom is 0.367 e. The molecule has 0 N–H and O–H groups in total. The summed E-state index contributed by atoms with van der Waals surface area (Å²) >= 11 is 0. The summed E-state index contributed by atoms with van der Waals surface area (Å²) in [7, 11) is -6.42. The summed E-state index contributed by atoms with van der Waals surface area (Å²) < 4.78 is 90.4. The number of rotatable bonds is 26. The minimum Gasteiger partial charge on any atom is -0.743 e. The van der Waals surface area contributed by atoms with Crippen molar-refractivity contribution in [3.8, 4) is 23.6 Å². The van der Waals surface area contributed by atoms with Gasteiger partial charge in [0.2, 0.25) is 0 Å². The van der Waals surface area contributed by atoms with E-state index in [2.05, 4.69) is 188 Å². The fraction of sp³-hybridized carbons (Fsp3) is 0.475. The standard InChI is InChI=1S/2C32H35O3S.C16H22F2N4O7S/c2*1-22-13-29(36(27-9-5-3-6-10-27)28-11-7-4-8-12-28)14-23(2)31(22)34-21-30(33)35-32-18-24-15-25(19-32)17-26(16-24)20-32;1-4-28-12(23)5-7-14(2,9-19)21-22-15(3,10-20)8-6-13(24)29-11-16(17,18)30(25,26)27/h2*3-14,24-26H,15-21H2,1-2H3;4-8,11H2,1-3H3,(H,25,26,27)/q2*+1;/p-1. The van der Waals surface area contributed by atoms with Gasteiger partial charge in [0.05, 0.1) is 40.5 Å². The van der Waals surface area contributed by atoms with Gasteiger partial charge in [-0.2, -0.15) is 29.5 Å². The van der Waals surface area contributed by atoms with E-state index < -0.39 is 51.4 Å². The van der Waals surface area contributed by atoms with Gasteiger partial charge in [0.25, 0.3) is 0 Å². The van der Waals surface area contributed by atoms with E-state index in [1.54, 1.807) is 13.0 Å². The molecule has 0 amide bonds. The molecule has 14 rings (SSSR count). The van der Waals surface area contributed by atoms with Crippen molar-refractivity contribution < 1.29 is 69.4 Å². The zero-order valence-electron chi connectivity index (χ0n) is 59.0. The summed E-state index contributed by atoms with van der Waals surface area (Å²) in [6.07, 6.45) is 13.2. The van der Waals surface area contributed by atoms with Crippen LogP contribution in [-0.2, 0) is 70.0 Å². The minimum atomic E-state index is -6.00. The minimum absolute atomic E-state index is 0.0220. The van der Waals surface area contributed by atoms with Crippen molar-refractivity contribution >= 4 is 55.8 Å². The number of hydrogen-bond acceptors (Lipinski definition) is 17. The fourth-order valence-corrected chi connectivity index (χ4v) is 21.1. The molecule has 2 atom stereocenters. The molecule has 6 aromatic rings. The highest BCUT2D eigenvalue weighted by Crippen LogP contribution is 2.58. The zero-order chi connectivity index (χ0) is 73.0. The summed E-state index contributed by atoms with van der Waals surface area (Å²) in [5.41, 5.74) is 0.665. The highest BCUT2D eigenvalue weighted by atomic mass is 32.2. The molecule has 0 radical (unpaired) electrons. The number of halogens is 2. The monoisotopic (exact) mass is 1450 g/mol. The van der Waals surface area contributed by atoms with Gasteiger partial charge in [0.1, 0.15) is 22.7 Å². The molecule has 6 aromatic carbocycles. The summed E-state index contributed by atoms with van der Waals surface area (Å²) in [5, 5.41) is 21.3.